The van der Waals surface area contributed by atoms with Crippen LogP contribution in [0.2, 0.25) is 0 Å². The van der Waals surface area contributed by atoms with Gasteiger partial charge in [-0.05, 0) is 36.4 Å². The smallest absolute Gasteiger partial charge is 0.395 e. The van der Waals surface area contributed by atoms with Crippen LogP contribution in [-0.2, 0) is 4.74 Å². The van der Waals surface area contributed by atoms with E-state index in [1.54, 1.807) is 54.6 Å². The zero-order valence-corrected chi connectivity index (χ0v) is 9.00. The fraction of sp³-hybridized carbons (Fsp3) is 0. The van der Waals surface area contributed by atoms with E-state index in [1.807, 2.05) is 6.07 Å². The molecule has 1 aromatic rings. The second-order valence-corrected chi connectivity index (χ2v) is 3.20. The van der Waals surface area contributed by atoms with Gasteiger partial charge in [0.05, 0.1) is 0 Å². The molecule has 0 bridgehead atoms. The van der Waals surface area contributed by atoms with Gasteiger partial charge in [-0.15, -0.1) is 5.73 Å². The second kappa shape index (κ2) is 5.54. The van der Waals surface area contributed by atoms with Gasteiger partial charge in [0.15, 0.2) is 0 Å². The van der Waals surface area contributed by atoms with Crippen LogP contribution < -0.4 is 4.74 Å². The van der Waals surface area contributed by atoms with E-state index in [1.165, 1.54) is 0 Å². The van der Waals surface area contributed by atoms with Crippen molar-refractivity contribution in [1.29, 1.82) is 0 Å². The third-order valence-electron chi connectivity index (χ3n) is 1.94. The Morgan fingerprint density at radius 1 is 1.06 bits per heavy atom. The quantitative estimate of drug-likeness (QED) is 0.440. The van der Waals surface area contributed by atoms with E-state index in [-0.39, 0.29) is 0 Å². The average molecular weight is 226 g/mol. The summed E-state index contributed by atoms with van der Waals surface area (Å²) in [6.07, 6.45) is 7.63. The van der Waals surface area contributed by atoms with E-state index in [4.69, 9.17) is 9.47 Å². The van der Waals surface area contributed by atoms with E-state index in [0.29, 0.717) is 11.5 Å². The number of hydrogen-bond acceptors (Lipinski definition) is 3. The molecule has 0 saturated heterocycles. The number of carbonyl (C=O) groups is 1. The first kappa shape index (κ1) is 11.0. The first-order valence-corrected chi connectivity index (χ1v) is 5.09. The molecular formula is C14H10O3. The average Bonchev–Trinajstić information content (AvgIpc) is 2.59. The molecule has 0 heterocycles. The maximum absolute atomic E-state index is 11.4. The summed E-state index contributed by atoms with van der Waals surface area (Å²) in [5, 5.41) is 0. The highest BCUT2D eigenvalue weighted by atomic mass is 16.7. The minimum absolute atomic E-state index is 0.409. The van der Waals surface area contributed by atoms with Crippen LogP contribution >= 0.6 is 0 Å². The maximum Gasteiger partial charge on any atom is 0.519 e. The lowest BCUT2D eigenvalue weighted by Gasteiger charge is -2.04. The van der Waals surface area contributed by atoms with Gasteiger partial charge < -0.3 is 9.47 Å². The first-order chi connectivity index (χ1) is 8.34. The largest absolute Gasteiger partial charge is 0.519 e. The molecule has 17 heavy (non-hydrogen) atoms. The van der Waals surface area contributed by atoms with Gasteiger partial charge in [0.1, 0.15) is 11.5 Å². The highest BCUT2D eigenvalue weighted by Crippen LogP contribution is 2.11. The first-order valence-electron chi connectivity index (χ1n) is 5.09. The summed E-state index contributed by atoms with van der Waals surface area (Å²) in [4.78, 5) is 11.4. The molecular weight excluding hydrogens is 216 g/mol. The van der Waals surface area contributed by atoms with Gasteiger partial charge in [-0.2, -0.15) is 0 Å². The maximum atomic E-state index is 11.4. The Morgan fingerprint density at radius 2 is 1.88 bits per heavy atom. The fourth-order valence-electron chi connectivity index (χ4n) is 1.21. The molecule has 3 heteroatoms. The summed E-state index contributed by atoms with van der Waals surface area (Å²) < 4.78 is 9.97. The van der Waals surface area contributed by atoms with Crippen LogP contribution in [0.5, 0.6) is 5.75 Å². The minimum atomic E-state index is -0.762. The molecule has 0 amide bonds. The SMILES string of the molecule is O=C(OC1=CC=C=CC=C1)Oc1ccccc1. The number of para-hydroxylation sites is 1. The van der Waals surface area contributed by atoms with Crippen molar-refractivity contribution in [3.63, 3.8) is 0 Å². The highest BCUT2D eigenvalue weighted by Gasteiger charge is 2.07. The Labute approximate surface area is 99.0 Å². The third kappa shape index (κ3) is 3.52. The molecule has 1 aliphatic carbocycles. The molecule has 0 atom stereocenters. The lowest BCUT2D eigenvalue weighted by molar-refractivity contribution is 0.129. The topological polar surface area (TPSA) is 35.5 Å². The Balaban J connectivity index is 1.94. The summed E-state index contributed by atoms with van der Waals surface area (Å²) in [7, 11) is 0. The van der Waals surface area contributed by atoms with E-state index in [0.717, 1.165) is 0 Å². The van der Waals surface area contributed by atoms with Gasteiger partial charge in [0, 0.05) is 0 Å². The van der Waals surface area contributed by atoms with Crippen LogP contribution in [0.3, 0.4) is 0 Å². The monoisotopic (exact) mass is 226 g/mol. The molecule has 0 N–H and O–H groups in total. The van der Waals surface area contributed by atoms with Gasteiger partial charge >= 0.3 is 6.16 Å². The van der Waals surface area contributed by atoms with Crippen molar-refractivity contribution in [3.8, 4) is 5.75 Å². The molecule has 0 aromatic heterocycles. The Morgan fingerprint density at radius 3 is 2.71 bits per heavy atom. The highest BCUT2D eigenvalue weighted by molar-refractivity contribution is 5.65. The predicted octanol–water partition coefficient (Wildman–Crippen LogP) is 3.37. The summed E-state index contributed by atoms with van der Waals surface area (Å²) >= 11 is 0. The van der Waals surface area contributed by atoms with E-state index < -0.39 is 6.16 Å². The molecule has 1 aliphatic rings. The number of allylic oxidation sites excluding steroid dienone is 4. The molecule has 0 aliphatic heterocycles. The molecule has 0 saturated carbocycles. The molecule has 2 rings (SSSR count). The summed E-state index contributed by atoms with van der Waals surface area (Å²) in [5.74, 6) is 0.858. The molecule has 0 radical (unpaired) electrons. The van der Waals surface area contributed by atoms with Crippen molar-refractivity contribution in [2.45, 2.75) is 0 Å². The number of ether oxygens (including phenoxy) is 2. The zero-order valence-electron chi connectivity index (χ0n) is 9.00. The van der Waals surface area contributed by atoms with Crippen molar-refractivity contribution in [1.82, 2.24) is 0 Å². The van der Waals surface area contributed by atoms with Crippen molar-refractivity contribution in [2.75, 3.05) is 0 Å². The van der Waals surface area contributed by atoms with E-state index >= 15 is 0 Å². The fourth-order valence-corrected chi connectivity index (χ4v) is 1.21. The van der Waals surface area contributed by atoms with Gasteiger partial charge in [-0.3, -0.25) is 0 Å². The lowest BCUT2D eigenvalue weighted by atomic mass is 10.3. The van der Waals surface area contributed by atoms with E-state index in [9.17, 15) is 4.79 Å². The van der Waals surface area contributed by atoms with Crippen LogP contribution in [0, 0.1) is 0 Å². The number of benzene rings is 1. The minimum Gasteiger partial charge on any atom is -0.395 e. The Bertz CT molecular complexity index is 518. The van der Waals surface area contributed by atoms with Crippen LogP contribution in [0.25, 0.3) is 0 Å². The van der Waals surface area contributed by atoms with Crippen molar-refractivity contribution < 1.29 is 14.3 Å². The number of rotatable bonds is 2. The summed E-state index contributed by atoms with van der Waals surface area (Å²) in [6.45, 7) is 0. The molecule has 84 valence electrons. The van der Waals surface area contributed by atoms with Gasteiger partial charge in [-0.25, -0.2) is 4.79 Å². The normalized spacial score (nSPS) is 12.8. The van der Waals surface area contributed by atoms with Crippen molar-refractivity contribution in [2.24, 2.45) is 0 Å². The number of hydrogen-bond donors (Lipinski definition) is 0. The molecule has 1 aromatic carbocycles. The molecule has 0 fully saturated rings. The number of carbonyl (C=O) groups excluding carboxylic acids is 1. The zero-order chi connectivity index (χ0) is 11.9. The standard InChI is InChI=1S/C14H10O3/c15-14(17-13-10-6-3-7-11-13)16-12-8-4-1-2-5-9-12/h1,3-11H. The van der Waals surface area contributed by atoms with Crippen LogP contribution in [-0.4, -0.2) is 6.16 Å². The Kier molecular flexibility index (Phi) is 3.58. The van der Waals surface area contributed by atoms with Crippen LogP contribution in [0.4, 0.5) is 4.79 Å². The van der Waals surface area contributed by atoms with Crippen LogP contribution in [0.15, 0.2) is 72.2 Å². The van der Waals surface area contributed by atoms with Crippen molar-refractivity contribution >= 4 is 6.16 Å². The second-order valence-electron chi connectivity index (χ2n) is 3.20. The molecule has 3 nitrogen and oxygen atoms in total. The predicted molar refractivity (Wildman–Crippen MR) is 63.4 cm³/mol. The summed E-state index contributed by atoms with van der Waals surface area (Å²) in [5.41, 5.74) is 2.85. The van der Waals surface area contributed by atoms with Gasteiger partial charge in [0.2, 0.25) is 0 Å². The lowest BCUT2D eigenvalue weighted by Crippen LogP contribution is -2.09. The van der Waals surface area contributed by atoms with Crippen LogP contribution in [0.1, 0.15) is 0 Å². The van der Waals surface area contributed by atoms with Crippen molar-refractivity contribution in [3.05, 3.63) is 72.2 Å². The van der Waals surface area contributed by atoms with E-state index in [2.05, 4.69) is 5.73 Å². The Hall–Kier alpha value is -2.51. The molecule has 0 spiro atoms. The third-order valence-corrected chi connectivity index (χ3v) is 1.94. The summed E-state index contributed by atoms with van der Waals surface area (Å²) in [6, 6.07) is 8.76. The molecule has 0 unspecified atom stereocenters. The van der Waals surface area contributed by atoms with Gasteiger partial charge in [0.25, 0.3) is 0 Å². The van der Waals surface area contributed by atoms with Gasteiger partial charge in [-0.1, -0.05) is 24.3 Å².